The van der Waals surface area contributed by atoms with Crippen molar-refractivity contribution in [1.82, 2.24) is 0 Å². The first-order chi connectivity index (χ1) is 37.8. The fourth-order valence-corrected chi connectivity index (χ4v) is 14.1. The predicted octanol–water partition coefficient (Wildman–Crippen LogP) is 21.5. The second-order valence-electron chi connectivity index (χ2n) is 20.8. The predicted molar refractivity (Wildman–Crippen MR) is 328 cm³/mol. The van der Waals surface area contributed by atoms with Crippen LogP contribution in [0.3, 0.4) is 0 Å². The van der Waals surface area contributed by atoms with Gasteiger partial charge in [-0.25, -0.2) is 0 Å². The molecule has 0 fully saturated rings. The molecule has 0 radical (unpaired) electrons. The van der Waals surface area contributed by atoms with Gasteiger partial charge in [-0.3, -0.25) is 0 Å². The smallest absolute Gasteiger partial charge is 0.000695 e. The zero-order valence-electron chi connectivity index (χ0n) is 41.4. The lowest BCUT2D eigenvalue weighted by atomic mass is 9.80. The van der Waals surface area contributed by atoms with E-state index in [1.54, 1.807) is 0 Å². The van der Waals surface area contributed by atoms with E-state index < -0.39 is 0 Å². The van der Waals surface area contributed by atoms with E-state index in [1.165, 1.54) is 174 Å². The number of rotatable bonds is 6. The Bertz CT molecular complexity index is 5120. The standard InChI is InChI=1S/C76H44/c1-5-20-45(21-6-1)50-30-13-15-32-54(50)55-40-43-63-72-64(55)44-65-57-34-17-28-49-29-18-35-58(66(49)57)71(65)73(72)60-37-19-36-59-68(56-33-16-14-31-51(56)46-22-7-2-8-23-46)74-61-41-38-52(47-24-9-3-10-25-47)67-53(48-26-11-4-12-27-48)39-42-62(69(61)67)76(74)75(63)70(59)60/h1-44H. The molecule has 17 aromatic rings. The van der Waals surface area contributed by atoms with Gasteiger partial charge in [0.05, 0.1) is 0 Å². The first kappa shape index (κ1) is 41.6. The Hall–Kier alpha value is -9.88. The summed E-state index contributed by atoms with van der Waals surface area (Å²) in [6.07, 6.45) is 0. The molecule has 0 bridgehead atoms. The van der Waals surface area contributed by atoms with Crippen LogP contribution in [0.25, 0.3) is 174 Å². The van der Waals surface area contributed by atoms with Crippen LogP contribution in [0.1, 0.15) is 0 Å². The Kier molecular flexibility index (Phi) is 8.65. The van der Waals surface area contributed by atoms with Crippen LogP contribution in [0.5, 0.6) is 0 Å². The van der Waals surface area contributed by atoms with E-state index in [0.29, 0.717) is 0 Å². The SMILES string of the molecule is c1ccc(-c2ccccc2-c2ccc3c4c2cc2c5cccc6cccc(c65)c2c4c2cccc4c(-c5ccccc5-c5ccccc5)c5c6ccc(-c7ccccc7)c7c(-c8ccccc8)ccc(c76)c5c3c42)cc1. The molecule has 0 nitrogen and oxygen atoms in total. The van der Waals surface area contributed by atoms with Crippen molar-refractivity contribution in [3.05, 3.63) is 267 Å². The van der Waals surface area contributed by atoms with Gasteiger partial charge in [0.15, 0.2) is 0 Å². The summed E-state index contributed by atoms with van der Waals surface area (Å²) in [4.78, 5) is 0. The third kappa shape index (κ3) is 5.62. The zero-order valence-corrected chi connectivity index (χ0v) is 41.4. The highest BCUT2D eigenvalue weighted by Crippen LogP contribution is 2.58. The van der Waals surface area contributed by atoms with Crippen LogP contribution in [0.2, 0.25) is 0 Å². The fraction of sp³-hybridized carbons (Fsp3) is 0. The van der Waals surface area contributed by atoms with Crippen LogP contribution >= 0.6 is 0 Å². The van der Waals surface area contributed by atoms with Crippen molar-refractivity contribution < 1.29 is 0 Å². The highest BCUT2D eigenvalue weighted by molar-refractivity contribution is 6.52. The van der Waals surface area contributed by atoms with Gasteiger partial charge < -0.3 is 0 Å². The molecule has 0 spiro atoms. The number of benzene rings is 15. The first-order valence-corrected chi connectivity index (χ1v) is 26.6. The zero-order chi connectivity index (χ0) is 49.6. The minimum Gasteiger partial charge on any atom is -0.0622 e. The van der Waals surface area contributed by atoms with Crippen molar-refractivity contribution in [3.8, 4) is 66.8 Å². The maximum Gasteiger partial charge on any atom is -0.000695 e. The van der Waals surface area contributed by atoms with Crippen LogP contribution in [-0.4, -0.2) is 0 Å². The van der Waals surface area contributed by atoms with Gasteiger partial charge in [0.2, 0.25) is 0 Å². The van der Waals surface area contributed by atoms with Gasteiger partial charge in [-0.2, -0.15) is 0 Å². The normalized spacial score (nSPS) is 12.2. The lowest BCUT2D eigenvalue weighted by Crippen LogP contribution is -1.94. The molecule has 0 unspecified atom stereocenters. The Morgan fingerprint density at radius 1 is 0.145 bits per heavy atom. The lowest BCUT2D eigenvalue weighted by Gasteiger charge is -2.22. The molecular formula is C76H44. The second-order valence-corrected chi connectivity index (χ2v) is 20.8. The lowest BCUT2D eigenvalue weighted by molar-refractivity contribution is 1.60. The third-order valence-electron chi connectivity index (χ3n) is 17.1. The van der Waals surface area contributed by atoms with E-state index in [-0.39, 0.29) is 0 Å². The number of hydrogen-bond donors (Lipinski definition) is 0. The molecule has 0 aliphatic heterocycles. The first-order valence-electron chi connectivity index (χ1n) is 26.6. The average Bonchev–Trinajstić information content (AvgIpc) is 4.08. The van der Waals surface area contributed by atoms with Crippen LogP contribution in [0, 0.1) is 0 Å². The molecule has 0 N–H and O–H groups in total. The van der Waals surface area contributed by atoms with Crippen molar-refractivity contribution in [2.75, 3.05) is 0 Å². The van der Waals surface area contributed by atoms with Crippen molar-refractivity contribution >= 4 is 108 Å². The van der Waals surface area contributed by atoms with Crippen LogP contribution in [0.4, 0.5) is 0 Å². The summed E-state index contributed by atoms with van der Waals surface area (Å²) in [5.41, 5.74) is 14.8. The minimum absolute atomic E-state index is 1.21. The molecule has 0 saturated heterocycles. The van der Waals surface area contributed by atoms with Gasteiger partial charge >= 0.3 is 0 Å². The van der Waals surface area contributed by atoms with Crippen molar-refractivity contribution in [2.24, 2.45) is 0 Å². The Morgan fingerprint density at radius 2 is 0.513 bits per heavy atom. The van der Waals surface area contributed by atoms with Gasteiger partial charge in [0.25, 0.3) is 0 Å². The Labute approximate surface area is 439 Å². The maximum absolute atomic E-state index is 2.56. The molecule has 348 valence electrons. The second kappa shape index (κ2) is 15.8. The monoisotopic (exact) mass is 956 g/mol. The average molecular weight is 957 g/mol. The molecule has 76 heavy (non-hydrogen) atoms. The summed E-state index contributed by atoms with van der Waals surface area (Å²) >= 11 is 0. The van der Waals surface area contributed by atoms with Crippen molar-refractivity contribution in [3.63, 3.8) is 0 Å². The summed E-state index contributed by atoms with van der Waals surface area (Å²) in [5.74, 6) is 0. The van der Waals surface area contributed by atoms with Crippen molar-refractivity contribution in [1.29, 1.82) is 0 Å². The molecule has 17 rings (SSSR count). The van der Waals surface area contributed by atoms with E-state index in [4.69, 9.17) is 0 Å². The molecule has 0 heteroatoms. The maximum atomic E-state index is 2.56. The van der Waals surface area contributed by atoms with Gasteiger partial charge in [-0.1, -0.05) is 261 Å². The van der Waals surface area contributed by atoms with Gasteiger partial charge in [-0.15, -0.1) is 0 Å². The number of hydrogen-bond acceptors (Lipinski definition) is 0. The van der Waals surface area contributed by atoms with E-state index in [1.807, 2.05) is 0 Å². The topological polar surface area (TPSA) is 0 Å². The minimum atomic E-state index is 1.21. The van der Waals surface area contributed by atoms with Gasteiger partial charge in [0.1, 0.15) is 0 Å². The third-order valence-corrected chi connectivity index (χ3v) is 17.1. The largest absolute Gasteiger partial charge is 0.0622 e. The summed E-state index contributed by atoms with van der Waals surface area (Å²) in [5, 5.41) is 26.1. The fourth-order valence-electron chi connectivity index (χ4n) is 14.1. The van der Waals surface area contributed by atoms with E-state index in [2.05, 4.69) is 267 Å². The van der Waals surface area contributed by atoms with Crippen LogP contribution in [-0.2, 0) is 0 Å². The van der Waals surface area contributed by atoms with Crippen LogP contribution < -0.4 is 0 Å². The molecule has 17 aromatic carbocycles. The summed E-state index contributed by atoms with van der Waals surface area (Å²) in [7, 11) is 0. The molecule has 0 aliphatic carbocycles. The van der Waals surface area contributed by atoms with Gasteiger partial charge in [-0.05, 0) is 181 Å². The molecule has 0 amide bonds. The highest BCUT2D eigenvalue weighted by atomic mass is 14.3. The molecule has 0 aliphatic rings. The molecule has 0 atom stereocenters. The highest BCUT2D eigenvalue weighted by Gasteiger charge is 2.30. The number of fused-ring (bicyclic) bond motifs is 10. The summed E-state index contributed by atoms with van der Waals surface area (Å²) < 4.78 is 0. The summed E-state index contributed by atoms with van der Waals surface area (Å²) in [6.45, 7) is 0. The van der Waals surface area contributed by atoms with E-state index in [9.17, 15) is 0 Å². The molecule has 0 saturated carbocycles. The Morgan fingerprint density at radius 3 is 1.11 bits per heavy atom. The quantitative estimate of drug-likeness (QED) is 0.115. The molecule has 0 heterocycles. The summed E-state index contributed by atoms with van der Waals surface area (Å²) in [6, 6.07) is 100. The Balaban J connectivity index is 1.15. The van der Waals surface area contributed by atoms with Crippen LogP contribution in [0.15, 0.2) is 267 Å². The van der Waals surface area contributed by atoms with Crippen molar-refractivity contribution in [2.45, 2.75) is 0 Å². The molecule has 0 aromatic heterocycles. The van der Waals surface area contributed by atoms with Gasteiger partial charge in [0, 0.05) is 0 Å². The molecular weight excluding hydrogens is 913 g/mol. The van der Waals surface area contributed by atoms with E-state index >= 15 is 0 Å². The van der Waals surface area contributed by atoms with E-state index in [0.717, 1.165) is 0 Å².